The van der Waals surface area contributed by atoms with Crippen molar-refractivity contribution in [3.05, 3.63) is 98.5 Å². The smallest absolute Gasteiger partial charge is 0.307 e. The van der Waals surface area contributed by atoms with Crippen LogP contribution >= 0.6 is 23.2 Å². The molecule has 3 aromatic carbocycles. The Labute approximate surface area is 192 Å². The molecule has 1 unspecified atom stereocenters. The Hall–Kier alpha value is -3.47. The molecule has 3 rings (SSSR count). The molecule has 0 saturated heterocycles. The summed E-state index contributed by atoms with van der Waals surface area (Å²) >= 11 is 12.3. The first-order chi connectivity index (χ1) is 15.2. The van der Waals surface area contributed by atoms with Crippen LogP contribution in [-0.2, 0) is 0 Å². The highest BCUT2D eigenvalue weighted by Crippen LogP contribution is 2.34. The van der Waals surface area contributed by atoms with Crippen LogP contribution < -0.4 is 10.6 Å². The number of hydrogen-bond acceptors (Lipinski definition) is 3. The first-order valence-electron chi connectivity index (χ1n) is 9.22. The largest absolute Gasteiger partial charge is 0.326 e. The number of nitrogens with zero attached hydrogens (tertiary/aromatic N) is 1. The Balaban J connectivity index is 1.80. The van der Waals surface area contributed by atoms with Crippen LogP contribution in [0.2, 0.25) is 10.0 Å². The molecule has 3 amide bonds. The molecule has 5 nitrogen and oxygen atoms in total. The molecule has 2 N–H and O–H groups in total. The molecule has 0 aliphatic heterocycles. The topological polar surface area (TPSA) is 82.0 Å². The van der Waals surface area contributed by atoms with Gasteiger partial charge >= 0.3 is 6.03 Å². The summed E-state index contributed by atoms with van der Waals surface area (Å²) in [5.41, 5.74) is 1.15. The molecule has 0 fully saturated rings. The Morgan fingerprint density at radius 1 is 1.03 bits per heavy atom. The van der Waals surface area contributed by atoms with Gasteiger partial charge in [0.15, 0.2) is 0 Å². The van der Waals surface area contributed by atoms with Gasteiger partial charge < -0.3 is 5.32 Å². The first kappa shape index (κ1) is 23.2. The van der Waals surface area contributed by atoms with Gasteiger partial charge in [-0.1, -0.05) is 47.5 Å². The molecule has 0 aromatic heterocycles. The Kier molecular flexibility index (Phi) is 7.08. The number of hydrogen-bond donors (Lipinski definition) is 2. The highest BCUT2D eigenvalue weighted by molar-refractivity contribution is 6.32. The van der Waals surface area contributed by atoms with Crippen molar-refractivity contribution in [3.8, 4) is 6.07 Å². The number of urea groups is 1. The Bertz CT molecular complexity index is 1220. The van der Waals surface area contributed by atoms with E-state index in [0.717, 1.165) is 18.2 Å². The average Bonchev–Trinajstić information content (AvgIpc) is 2.73. The SMILES string of the molecule is Cc1cc(C(C#N)c2ccc(Cl)cc2)c(Cl)cc1NC(=O)NC(=O)c1c(F)cccc1F. The molecular formula is C23H15Cl2F2N3O2. The highest BCUT2D eigenvalue weighted by atomic mass is 35.5. The normalized spacial score (nSPS) is 11.4. The number of halogens is 4. The number of amides is 3. The summed E-state index contributed by atoms with van der Waals surface area (Å²) in [6.45, 7) is 1.67. The third-order valence-corrected chi connectivity index (χ3v) is 5.23. The van der Waals surface area contributed by atoms with Gasteiger partial charge in [0, 0.05) is 15.7 Å². The van der Waals surface area contributed by atoms with Gasteiger partial charge in [-0.15, -0.1) is 0 Å². The summed E-state index contributed by atoms with van der Waals surface area (Å²) < 4.78 is 27.5. The highest BCUT2D eigenvalue weighted by Gasteiger charge is 2.21. The number of carbonyl (C=O) groups excluding carboxylic acids is 2. The van der Waals surface area contributed by atoms with Gasteiger partial charge in [0.2, 0.25) is 0 Å². The molecule has 0 heterocycles. The number of aryl methyl sites for hydroxylation is 1. The number of nitrogens with one attached hydrogen (secondary N) is 2. The molecule has 0 spiro atoms. The number of anilines is 1. The number of imide groups is 1. The van der Waals surface area contributed by atoms with Crippen molar-refractivity contribution >= 4 is 40.8 Å². The molecule has 32 heavy (non-hydrogen) atoms. The van der Waals surface area contributed by atoms with E-state index in [1.165, 1.54) is 6.07 Å². The van der Waals surface area contributed by atoms with Crippen LogP contribution in [0.15, 0.2) is 54.6 Å². The average molecular weight is 474 g/mol. The quantitative estimate of drug-likeness (QED) is 0.473. The van der Waals surface area contributed by atoms with E-state index in [1.54, 1.807) is 37.3 Å². The minimum Gasteiger partial charge on any atom is -0.307 e. The van der Waals surface area contributed by atoms with E-state index in [-0.39, 0.29) is 10.7 Å². The lowest BCUT2D eigenvalue weighted by Crippen LogP contribution is -2.35. The maximum Gasteiger partial charge on any atom is 0.326 e. The fourth-order valence-electron chi connectivity index (χ4n) is 3.07. The van der Waals surface area contributed by atoms with E-state index < -0.39 is 35.1 Å². The summed E-state index contributed by atoms with van der Waals surface area (Å²) in [6.07, 6.45) is 0. The zero-order valence-electron chi connectivity index (χ0n) is 16.5. The molecule has 0 aliphatic rings. The fraction of sp³-hybridized carbons (Fsp3) is 0.0870. The second kappa shape index (κ2) is 9.77. The molecule has 162 valence electrons. The van der Waals surface area contributed by atoms with Gasteiger partial charge in [0.25, 0.3) is 5.91 Å². The zero-order valence-corrected chi connectivity index (χ0v) is 18.1. The molecule has 0 aliphatic carbocycles. The molecular weight excluding hydrogens is 459 g/mol. The number of rotatable bonds is 4. The number of carbonyl (C=O) groups is 2. The van der Waals surface area contributed by atoms with E-state index in [4.69, 9.17) is 23.2 Å². The summed E-state index contributed by atoms with van der Waals surface area (Å²) in [5.74, 6) is -4.09. The van der Waals surface area contributed by atoms with E-state index in [1.807, 2.05) is 5.32 Å². The number of benzene rings is 3. The zero-order chi connectivity index (χ0) is 23.4. The second-order valence-corrected chi connectivity index (χ2v) is 7.65. The minimum absolute atomic E-state index is 0.207. The lowest BCUT2D eigenvalue weighted by atomic mass is 9.91. The van der Waals surface area contributed by atoms with Gasteiger partial charge in [-0.2, -0.15) is 5.26 Å². The summed E-state index contributed by atoms with van der Waals surface area (Å²) in [6, 6.07) is 13.9. The van der Waals surface area contributed by atoms with Crippen LogP contribution in [0, 0.1) is 29.9 Å². The monoisotopic (exact) mass is 473 g/mol. The van der Waals surface area contributed by atoms with Crippen LogP contribution in [0.1, 0.15) is 33.0 Å². The predicted octanol–water partition coefficient (Wildman–Crippen LogP) is 6.20. The predicted molar refractivity (Wildman–Crippen MR) is 118 cm³/mol. The van der Waals surface area contributed by atoms with E-state index in [2.05, 4.69) is 11.4 Å². The minimum atomic E-state index is -1.23. The van der Waals surface area contributed by atoms with Gasteiger partial charge in [0.05, 0.1) is 12.0 Å². The van der Waals surface area contributed by atoms with Gasteiger partial charge in [-0.25, -0.2) is 13.6 Å². The lowest BCUT2D eigenvalue weighted by Gasteiger charge is -2.16. The molecule has 0 bridgehead atoms. The molecule has 1 atom stereocenters. The van der Waals surface area contributed by atoms with Crippen molar-refractivity contribution in [2.24, 2.45) is 0 Å². The van der Waals surface area contributed by atoms with E-state index >= 15 is 0 Å². The summed E-state index contributed by atoms with van der Waals surface area (Å²) in [4.78, 5) is 24.3. The van der Waals surface area contributed by atoms with E-state index in [9.17, 15) is 23.6 Å². The summed E-state index contributed by atoms with van der Waals surface area (Å²) in [5, 5.41) is 14.7. The third kappa shape index (κ3) is 5.05. The second-order valence-electron chi connectivity index (χ2n) is 6.81. The number of nitriles is 1. The van der Waals surface area contributed by atoms with Gasteiger partial charge in [0.1, 0.15) is 17.2 Å². The van der Waals surface area contributed by atoms with E-state index in [0.29, 0.717) is 21.7 Å². The van der Waals surface area contributed by atoms with Crippen molar-refractivity contribution in [1.82, 2.24) is 5.32 Å². The Morgan fingerprint density at radius 3 is 2.25 bits per heavy atom. The van der Waals surface area contributed by atoms with Crippen LogP contribution in [0.3, 0.4) is 0 Å². The Morgan fingerprint density at radius 2 is 1.66 bits per heavy atom. The van der Waals surface area contributed by atoms with Crippen molar-refractivity contribution < 1.29 is 18.4 Å². The van der Waals surface area contributed by atoms with Crippen molar-refractivity contribution in [3.63, 3.8) is 0 Å². The van der Waals surface area contributed by atoms with Crippen molar-refractivity contribution in [2.75, 3.05) is 5.32 Å². The van der Waals surface area contributed by atoms with Gasteiger partial charge in [-0.3, -0.25) is 10.1 Å². The van der Waals surface area contributed by atoms with Crippen molar-refractivity contribution in [2.45, 2.75) is 12.8 Å². The van der Waals surface area contributed by atoms with Crippen LogP contribution in [0.4, 0.5) is 19.3 Å². The third-order valence-electron chi connectivity index (χ3n) is 4.65. The molecule has 3 aromatic rings. The summed E-state index contributed by atoms with van der Waals surface area (Å²) in [7, 11) is 0. The fourth-order valence-corrected chi connectivity index (χ4v) is 3.47. The first-order valence-corrected chi connectivity index (χ1v) is 9.98. The van der Waals surface area contributed by atoms with Crippen LogP contribution in [-0.4, -0.2) is 11.9 Å². The molecule has 0 radical (unpaired) electrons. The maximum atomic E-state index is 13.7. The maximum absolute atomic E-state index is 13.7. The molecule has 0 saturated carbocycles. The molecule has 9 heteroatoms. The van der Waals surface area contributed by atoms with Crippen LogP contribution in [0.5, 0.6) is 0 Å². The lowest BCUT2D eigenvalue weighted by molar-refractivity contribution is 0.0959. The van der Waals surface area contributed by atoms with Crippen molar-refractivity contribution in [1.29, 1.82) is 5.26 Å². The standard InChI is InChI=1S/C23H15Cl2F2N3O2/c1-12-9-15(16(11-28)13-5-7-14(24)8-6-13)17(25)10-20(12)29-23(32)30-22(31)21-18(26)3-2-4-19(21)27/h2-10,16H,1H3,(H2,29,30,31,32). The van der Waals surface area contributed by atoms with Gasteiger partial charge in [-0.05, 0) is 53.9 Å². The van der Waals surface area contributed by atoms with Crippen LogP contribution in [0.25, 0.3) is 0 Å².